The average Bonchev–Trinajstić information content (AvgIpc) is 2.62. The summed E-state index contributed by atoms with van der Waals surface area (Å²) in [4.78, 5) is 15.1. The first-order valence-electron chi connectivity index (χ1n) is 10.9. The summed E-state index contributed by atoms with van der Waals surface area (Å²) in [7, 11) is 0. The summed E-state index contributed by atoms with van der Waals surface area (Å²) < 4.78 is 13.5. The molecule has 2 N–H and O–H groups in total. The summed E-state index contributed by atoms with van der Waals surface area (Å²) in [5.41, 5.74) is 1.26. The Morgan fingerprint density at radius 3 is 2.39 bits per heavy atom. The quantitative estimate of drug-likeness (QED) is 0.837. The third-order valence-corrected chi connectivity index (χ3v) is 7.85. The second-order valence-corrected chi connectivity index (χ2v) is 10.1. The minimum absolute atomic E-state index is 0.0924. The van der Waals surface area contributed by atoms with E-state index in [1.165, 1.54) is 24.8 Å². The number of halogens is 1. The van der Waals surface area contributed by atoms with Gasteiger partial charge >= 0.3 is 0 Å². The lowest BCUT2D eigenvalue weighted by molar-refractivity contribution is -0.129. The van der Waals surface area contributed by atoms with Gasteiger partial charge in [0.1, 0.15) is 5.82 Å². The molecule has 5 aliphatic rings. The molecule has 4 nitrogen and oxygen atoms in total. The number of hydrogen-bond donors (Lipinski definition) is 2. The number of likely N-dealkylation sites (tertiary alicyclic amines) is 1. The first kappa shape index (κ1) is 18.6. The fourth-order valence-electron chi connectivity index (χ4n) is 7.17. The summed E-state index contributed by atoms with van der Waals surface area (Å²) in [6.07, 6.45) is 8.12. The normalized spacial score (nSPS) is 37.9. The maximum absolute atomic E-state index is 13.5. The summed E-state index contributed by atoms with van der Waals surface area (Å²) in [6, 6.07) is 7.11. The number of carbonyl (C=O) groups excluding carboxylic acids is 1. The molecule has 28 heavy (non-hydrogen) atoms. The van der Waals surface area contributed by atoms with Crippen LogP contribution < -0.4 is 5.32 Å². The SMILES string of the molecule is O=C(CN1CCC(O)CC1)NC12CC3CC(C1)CC(c1ccc(F)cc1)(C3)C2. The number of aliphatic hydroxyl groups is 1. The van der Waals surface area contributed by atoms with Crippen molar-refractivity contribution in [2.45, 2.75) is 68.4 Å². The zero-order chi connectivity index (χ0) is 19.4. The summed E-state index contributed by atoms with van der Waals surface area (Å²) in [5, 5.41) is 13.1. The van der Waals surface area contributed by atoms with Crippen LogP contribution in [0.25, 0.3) is 0 Å². The maximum atomic E-state index is 13.5. The molecule has 5 fully saturated rings. The highest BCUT2D eigenvalue weighted by molar-refractivity contribution is 5.79. The number of aliphatic hydroxyl groups excluding tert-OH is 1. The summed E-state index contributed by atoms with van der Waals surface area (Å²) in [5.74, 6) is 1.28. The molecule has 0 spiro atoms. The van der Waals surface area contributed by atoms with Gasteiger partial charge in [0.15, 0.2) is 0 Å². The summed E-state index contributed by atoms with van der Waals surface area (Å²) in [6.45, 7) is 2.03. The van der Waals surface area contributed by atoms with E-state index in [4.69, 9.17) is 0 Å². The lowest BCUT2D eigenvalue weighted by Gasteiger charge is -2.62. The van der Waals surface area contributed by atoms with Gasteiger partial charge in [0.05, 0.1) is 12.6 Å². The smallest absolute Gasteiger partial charge is 0.234 e. The Labute approximate surface area is 166 Å². The number of amides is 1. The van der Waals surface area contributed by atoms with Gasteiger partial charge in [-0.3, -0.25) is 9.69 Å². The highest BCUT2D eigenvalue weighted by Crippen LogP contribution is 2.62. The Kier molecular flexibility index (Phi) is 4.51. The molecule has 1 aliphatic heterocycles. The molecule has 0 radical (unpaired) electrons. The fraction of sp³-hybridized carbons (Fsp3) is 0.696. The van der Waals surface area contributed by atoms with Crippen molar-refractivity contribution in [3.8, 4) is 0 Å². The van der Waals surface area contributed by atoms with Crippen LogP contribution in [-0.2, 0) is 10.2 Å². The molecule has 1 aromatic carbocycles. The van der Waals surface area contributed by atoms with Gasteiger partial charge in [-0.05, 0) is 86.3 Å². The van der Waals surface area contributed by atoms with Gasteiger partial charge in [-0.15, -0.1) is 0 Å². The van der Waals surface area contributed by atoms with Crippen molar-refractivity contribution in [1.82, 2.24) is 10.2 Å². The number of benzene rings is 1. The van der Waals surface area contributed by atoms with Gasteiger partial charge in [0.2, 0.25) is 5.91 Å². The second-order valence-electron chi connectivity index (χ2n) is 10.1. The number of nitrogens with one attached hydrogen (secondary N) is 1. The molecular weight excluding hydrogens is 355 g/mol. The van der Waals surface area contributed by atoms with E-state index in [-0.39, 0.29) is 28.8 Å². The zero-order valence-corrected chi connectivity index (χ0v) is 16.5. The van der Waals surface area contributed by atoms with Crippen LogP contribution >= 0.6 is 0 Å². The molecule has 152 valence electrons. The van der Waals surface area contributed by atoms with Crippen molar-refractivity contribution in [3.63, 3.8) is 0 Å². The Morgan fingerprint density at radius 2 is 1.75 bits per heavy atom. The highest BCUT2D eigenvalue weighted by atomic mass is 19.1. The van der Waals surface area contributed by atoms with Crippen molar-refractivity contribution in [2.24, 2.45) is 11.8 Å². The van der Waals surface area contributed by atoms with Crippen molar-refractivity contribution < 1.29 is 14.3 Å². The number of rotatable bonds is 4. The van der Waals surface area contributed by atoms with Crippen LogP contribution in [0.4, 0.5) is 4.39 Å². The Balaban J connectivity index is 1.32. The lowest BCUT2D eigenvalue weighted by Crippen LogP contribution is -2.65. The van der Waals surface area contributed by atoms with Crippen LogP contribution in [0.15, 0.2) is 24.3 Å². The number of carbonyl (C=O) groups is 1. The summed E-state index contributed by atoms with van der Waals surface area (Å²) >= 11 is 0. The Hall–Kier alpha value is -1.46. The van der Waals surface area contributed by atoms with E-state index in [0.717, 1.165) is 45.2 Å². The third-order valence-electron chi connectivity index (χ3n) is 7.85. The van der Waals surface area contributed by atoms with Gasteiger partial charge < -0.3 is 10.4 Å². The molecule has 0 aromatic heterocycles. The van der Waals surface area contributed by atoms with Crippen molar-refractivity contribution in [3.05, 3.63) is 35.6 Å². The van der Waals surface area contributed by atoms with E-state index in [9.17, 15) is 14.3 Å². The predicted molar refractivity (Wildman–Crippen MR) is 105 cm³/mol. The van der Waals surface area contributed by atoms with Gasteiger partial charge in [-0.1, -0.05) is 12.1 Å². The molecule has 2 atom stereocenters. The number of piperidine rings is 1. The molecule has 1 saturated heterocycles. The monoisotopic (exact) mass is 386 g/mol. The largest absolute Gasteiger partial charge is 0.393 e. The number of hydrogen-bond acceptors (Lipinski definition) is 3. The van der Waals surface area contributed by atoms with Crippen LogP contribution in [0, 0.1) is 17.7 Å². The molecule has 1 amide bonds. The van der Waals surface area contributed by atoms with E-state index in [2.05, 4.69) is 10.2 Å². The average molecular weight is 387 g/mol. The van der Waals surface area contributed by atoms with E-state index in [1.54, 1.807) is 12.1 Å². The minimum Gasteiger partial charge on any atom is -0.393 e. The van der Waals surface area contributed by atoms with Gasteiger partial charge in [-0.25, -0.2) is 4.39 Å². The van der Waals surface area contributed by atoms with E-state index in [0.29, 0.717) is 18.4 Å². The first-order chi connectivity index (χ1) is 13.4. The lowest BCUT2D eigenvalue weighted by atomic mass is 9.45. The van der Waals surface area contributed by atoms with Gasteiger partial charge in [0, 0.05) is 18.6 Å². The minimum atomic E-state index is -0.210. The third kappa shape index (κ3) is 3.37. The first-order valence-corrected chi connectivity index (χ1v) is 10.9. The fourth-order valence-corrected chi connectivity index (χ4v) is 7.17. The molecule has 1 aromatic rings. The molecule has 1 heterocycles. The van der Waals surface area contributed by atoms with E-state index < -0.39 is 0 Å². The van der Waals surface area contributed by atoms with Crippen LogP contribution in [0.2, 0.25) is 0 Å². The molecule has 6 rings (SSSR count). The van der Waals surface area contributed by atoms with E-state index in [1.807, 2.05) is 12.1 Å². The van der Waals surface area contributed by atoms with Gasteiger partial charge in [-0.2, -0.15) is 0 Å². The van der Waals surface area contributed by atoms with Crippen LogP contribution in [0.5, 0.6) is 0 Å². The Morgan fingerprint density at radius 1 is 1.11 bits per heavy atom. The predicted octanol–water partition coefficient (Wildman–Crippen LogP) is 2.99. The highest BCUT2D eigenvalue weighted by Gasteiger charge is 2.58. The van der Waals surface area contributed by atoms with Crippen molar-refractivity contribution >= 4 is 5.91 Å². The molecule has 4 saturated carbocycles. The molecule has 4 aliphatic carbocycles. The van der Waals surface area contributed by atoms with E-state index >= 15 is 0 Å². The zero-order valence-electron chi connectivity index (χ0n) is 16.5. The molecule has 5 heteroatoms. The maximum Gasteiger partial charge on any atom is 0.234 e. The topological polar surface area (TPSA) is 52.6 Å². The van der Waals surface area contributed by atoms with Gasteiger partial charge in [0.25, 0.3) is 0 Å². The van der Waals surface area contributed by atoms with Crippen LogP contribution in [0.3, 0.4) is 0 Å². The van der Waals surface area contributed by atoms with Crippen LogP contribution in [0.1, 0.15) is 56.9 Å². The van der Waals surface area contributed by atoms with Crippen molar-refractivity contribution in [1.29, 1.82) is 0 Å². The number of nitrogens with zero attached hydrogens (tertiary/aromatic N) is 1. The van der Waals surface area contributed by atoms with Crippen LogP contribution in [-0.4, -0.2) is 47.2 Å². The molecular formula is C23H31FN2O2. The second kappa shape index (κ2) is 6.81. The van der Waals surface area contributed by atoms with Crippen molar-refractivity contribution in [2.75, 3.05) is 19.6 Å². The Bertz CT molecular complexity index is 727. The molecule has 2 unspecified atom stereocenters. The standard InChI is InChI=1S/C23H31FN2O2/c24-19-3-1-18(2-4-19)22-10-16-9-17(11-22)13-23(12-16,15-22)25-21(28)14-26-7-5-20(27)6-8-26/h1-4,16-17,20,27H,5-15H2,(H,25,28). The molecule has 4 bridgehead atoms.